The van der Waals surface area contributed by atoms with Gasteiger partial charge in [-0.3, -0.25) is 14.4 Å². The Hall–Kier alpha value is -1.16. The minimum Gasteiger partial charge on any atom is -0.451 e. The van der Waals surface area contributed by atoms with E-state index in [1.807, 2.05) is 6.08 Å². The second-order valence-electron chi connectivity index (χ2n) is 10.0. The number of alkyl halides is 1. The number of halogens is 1. The van der Waals surface area contributed by atoms with Gasteiger partial charge in [0, 0.05) is 18.8 Å². The van der Waals surface area contributed by atoms with Crippen LogP contribution in [-0.2, 0) is 19.1 Å². The SMILES string of the molecule is CC(=O)O[C@@]1(C(C)=O)CC[C@H]2[C@@H]3C[C@H](Cl)C4=CC(=O)CC[C@]4(C)[C@H]3CC[C@@]21C. The highest BCUT2D eigenvalue weighted by Gasteiger charge is 2.68. The van der Waals surface area contributed by atoms with E-state index >= 15 is 0 Å². The lowest BCUT2D eigenvalue weighted by Gasteiger charge is -2.60. The molecule has 0 spiro atoms. The average molecular weight is 407 g/mol. The Morgan fingerprint density at radius 2 is 1.79 bits per heavy atom. The maximum absolute atomic E-state index is 12.8. The Morgan fingerprint density at radius 1 is 1.11 bits per heavy atom. The molecule has 0 aromatic rings. The first-order valence-electron chi connectivity index (χ1n) is 10.6. The minimum absolute atomic E-state index is 0.0283. The molecule has 0 radical (unpaired) electrons. The molecule has 0 aromatic carbocycles. The van der Waals surface area contributed by atoms with Gasteiger partial charge in [0.2, 0.25) is 0 Å². The number of carbonyl (C=O) groups is 3. The number of hydrogen-bond acceptors (Lipinski definition) is 4. The number of rotatable bonds is 2. The summed E-state index contributed by atoms with van der Waals surface area (Å²) in [6.07, 6.45) is 7.48. The molecule has 0 amide bonds. The molecule has 0 heterocycles. The van der Waals surface area contributed by atoms with Gasteiger partial charge in [0.05, 0.1) is 5.38 Å². The van der Waals surface area contributed by atoms with E-state index in [2.05, 4.69) is 13.8 Å². The molecule has 4 aliphatic carbocycles. The first kappa shape index (κ1) is 20.1. The Bertz CT molecular complexity index is 773. The fraction of sp³-hybridized carbons (Fsp3) is 0.783. The first-order valence-corrected chi connectivity index (χ1v) is 11.1. The van der Waals surface area contributed by atoms with E-state index in [9.17, 15) is 14.4 Å². The molecule has 154 valence electrons. The van der Waals surface area contributed by atoms with Gasteiger partial charge < -0.3 is 4.74 Å². The molecule has 4 nitrogen and oxygen atoms in total. The fourth-order valence-corrected chi connectivity index (χ4v) is 8.14. The van der Waals surface area contributed by atoms with Crippen molar-refractivity contribution in [3.8, 4) is 0 Å². The standard InChI is InChI=1S/C23H31ClO4/c1-13(25)23(28-14(2)26)10-7-18-16-12-20(24)19-11-15(27)5-8-21(19,3)17(16)6-9-22(18,23)4/h11,16-18,20H,5-10,12H2,1-4H3/t16-,17+,18+,20+,21-,22+,23-/m1/s1. The van der Waals surface area contributed by atoms with Gasteiger partial charge >= 0.3 is 5.97 Å². The second-order valence-corrected chi connectivity index (χ2v) is 10.6. The molecule has 0 bridgehead atoms. The maximum atomic E-state index is 12.8. The number of ketones is 2. The van der Waals surface area contributed by atoms with Crippen molar-refractivity contribution in [3.63, 3.8) is 0 Å². The lowest BCUT2D eigenvalue weighted by molar-refractivity contribution is -0.187. The van der Waals surface area contributed by atoms with E-state index < -0.39 is 5.60 Å². The predicted molar refractivity (Wildman–Crippen MR) is 107 cm³/mol. The van der Waals surface area contributed by atoms with Gasteiger partial charge in [0.1, 0.15) is 0 Å². The molecule has 3 fully saturated rings. The fourth-order valence-electron chi connectivity index (χ4n) is 7.62. The molecule has 5 heteroatoms. The number of Topliss-reactive ketones (excluding diaryl/α,β-unsaturated/α-hetero) is 1. The predicted octanol–water partition coefficient (Wildman–Crippen LogP) is 4.63. The number of esters is 1. The van der Waals surface area contributed by atoms with Crippen molar-refractivity contribution in [2.24, 2.45) is 28.6 Å². The van der Waals surface area contributed by atoms with Crippen LogP contribution in [0.15, 0.2) is 11.6 Å². The average Bonchev–Trinajstić information content (AvgIpc) is 2.90. The smallest absolute Gasteiger partial charge is 0.303 e. The largest absolute Gasteiger partial charge is 0.451 e. The number of ether oxygens (including phenoxy) is 1. The third-order valence-electron chi connectivity index (χ3n) is 8.94. The van der Waals surface area contributed by atoms with Gasteiger partial charge in [-0.15, -0.1) is 11.6 Å². The van der Waals surface area contributed by atoms with Gasteiger partial charge in [-0.2, -0.15) is 0 Å². The molecule has 0 aromatic heterocycles. The van der Waals surface area contributed by atoms with Gasteiger partial charge in [0.25, 0.3) is 0 Å². The van der Waals surface area contributed by atoms with Crippen molar-refractivity contribution >= 4 is 29.1 Å². The summed E-state index contributed by atoms with van der Waals surface area (Å²) in [5.74, 6) is 0.976. The molecule has 0 saturated heterocycles. The summed E-state index contributed by atoms with van der Waals surface area (Å²) in [5.41, 5.74) is -0.251. The monoisotopic (exact) mass is 406 g/mol. The van der Waals surface area contributed by atoms with Crippen molar-refractivity contribution in [2.45, 2.75) is 83.6 Å². The molecule has 28 heavy (non-hydrogen) atoms. The van der Waals surface area contributed by atoms with Crippen molar-refractivity contribution in [1.29, 1.82) is 0 Å². The molecule has 3 saturated carbocycles. The summed E-state index contributed by atoms with van der Waals surface area (Å²) in [7, 11) is 0. The molecular formula is C23H31ClO4. The van der Waals surface area contributed by atoms with Gasteiger partial charge in [-0.1, -0.05) is 13.8 Å². The Kier molecular flexibility index (Phi) is 4.61. The maximum Gasteiger partial charge on any atom is 0.303 e. The van der Waals surface area contributed by atoms with Crippen LogP contribution in [0.4, 0.5) is 0 Å². The molecule has 7 atom stereocenters. The Morgan fingerprint density at radius 3 is 2.43 bits per heavy atom. The van der Waals surface area contributed by atoms with Crippen LogP contribution in [0, 0.1) is 28.6 Å². The number of allylic oxidation sites excluding steroid dienone is 1. The lowest BCUT2D eigenvalue weighted by atomic mass is 9.46. The second kappa shape index (κ2) is 6.42. The van der Waals surface area contributed by atoms with Gasteiger partial charge in [-0.05, 0) is 80.3 Å². The van der Waals surface area contributed by atoms with Crippen molar-refractivity contribution < 1.29 is 19.1 Å². The van der Waals surface area contributed by atoms with Crippen molar-refractivity contribution in [2.75, 3.05) is 0 Å². The highest BCUT2D eigenvalue weighted by molar-refractivity contribution is 6.23. The van der Waals surface area contributed by atoms with E-state index in [0.29, 0.717) is 30.6 Å². The van der Waals surface area contributed by atoms with E-state index in [-0.39, 0.29) is 33.7 Å². The number of fused-ring (bicyclic) bond motifs is 5. The summed E-state index contributed by atoms with van der Waals surface area (Å²) in [6, 6.07) is 0. The highest BCUT2D eigenvalue weighted by Crippen LogP contribution is 2.68. The van der Waals surface area contributed by atoms with E-state index in [1.165, 1.54) is 6.92 Å². The summed E-state index contributed by atoms with van der Waals surface area (Å²) < 4.78 is 5.81. The number of carbonyl (C=O) groups excluding carboxylic acids is 3. The van der Waals surface area contributed by atoms with Gasteiger partial charge in [0.15, 0.2) is 17.2 Å². The van der Waals surface area contributed by atoms with Gasteiger partial charge in [-0.25, -0.2) is 0 Å². The molecule has 4 aliphatic rings. The normalized spacial score (nSPS) is 47.5. The van der Waals surface area contributed by atoms with E-state index in [0.717, 1.165) is 37.7 Å². The van der Waals surface area contributed by atoms with Crippen LogP contribution in [0.5, 0.6) is 0 Å². The summed E-state index contributed by atoms with van der Waals surface area (Å²) in [6.45, 7) is 7.42. The highest BCUT2D eigenvalue weighted by atomic mass is 35.5. The molecular weight excluding hydrogens is 376 g/mol. The molecule has 0 unspecified atom stereocenters. The van der Waals surface area contributed by atoms with Crippen molar-refractivity contribution in [1.82, 2.24) is 0 Å². The third-order valence-corrected chi connectivity index (χ3v) is 9.36. The summed E-state index contributed by atoms with van der Waals surface area (Å²) in [5, 5.41) is -0.126. The Balaban J connectivity index is 1.73. The van der Waals surface area contributed by atoms with Crippen LogP contribution < -0.4 is 0 Å². The molecule has 0 aliphatic heterocycles. The molecule has 0 N–H and O–H groups in total. The van der Waals surface area contributed by atoms with Crippen molar-refractivity contribution in [3.05, 3.63) is 11.6 Å². The zero-order valence-electron chi connectivity index (χ0n) is 17.3. The van der Waals surface area contributed by atoms with Crippen LogP contribution in [0.2, 0.25) is 0 Å². The van der Waals surface area contributed by atoms with Crippen LogP contribution in [0.3, 0.4) is 0 Å². The molecule has 4 rings (SSSR count). The summed E-state index contributed by atoms with van der Waals surface area (Å²) in [4.78, 5) is 36.7. The van der Waals surface area contributed by atoms with Crippen LogP contribution in [0.1, 0.15) is 72.6 Å². The minimum atomic E-state index is -1.00. The summed E-state index contributed by atoms with van der Waals surface area (Å²) >= 11 is 6.85. The first-order chi connectivity index (χ1) is 13.0. The van der Waals surface area contributed by atoms with Crippen LogP contribution in [0.25, 0.3) is 0 Å². The van der Waals surface area contributed by atoms with Crippen LogP contribution >= 0.6 is 11.6 Å². The quantitative estimate of drug-likeness (QED) is 0.495. The van der Waals surface area contributed by atoms with E-state index in [1.54, 1.807) is 6.92 Å². The Labute approximate surface area is 172 Å². The zero-order chi connectivity index (χ0) is 20.5. The topological polar surface area (TPSA) is 60.4 Å². The lowest BCUT2D eigenvalue weighted by Crippen LogP contribution is -2.59. The third kappa shape index (κ3) is 2.52. The number of hydrogen-bond donors (Lipinski definition) is 0. The van der Waals surface area contributed by atoms with Crippen LogP contribution in [-0.4, -0.2) is 28.5 Å². The zero-order valence-corrected chi connectivity index (χ0v) is 18.1. The van der Waals surface area contributed by atoms with E-state index in [4.69, 9.17) is 16.3 Å².